The highest BCUT2D eigenvalue weighted by atomic mass is 32.1. The Morgan fingerprint density at radius 1 is 1.35 bits per heavy atom. The molecule has 0 amide bonds. The molecule has 0 saturated heterocycles. The van der Waals surface area contributed by atoms with Crippen molar-refractivity contribution < 1.29 is 0 Å². The van der Waals surface area contributed by atoms with Crippen molar-refractivity contribution in [2.75, 3.05) is 26.2 Å². The summed E-state index contributed by atoms with van der Waals surface area (Å²) in [5.41, 5.74) is 1.63. The van der Waals surface area contributed by atoms with Gasteiger partial charge in [0.05, 0.1) is 0 Å². The number of hydrogen-bond acceptors (Lipinski definition) is 3. The summed E-state index contributed by atoms with van der Waals surface area (Å²) in [4.78, 5) is 1.63. The summed E-state index contributed by atoms with van der Waals surface area (Å²) >= 11 is 1.94. The topological polar surface area (TPSA) is 24.1 Å². The van der Waals surface area contributed by atoms with Crippen molar-refractivity contribution in [1.29, 1.82) is 0 Å². The van der Waals surface area contributed by atoms with E-state index in [1.807, 2.05) is 11.3 Å². The first kappa shape index (κ1) is 13.1. The van der Waals surface area contributed by atoms with Gasteiger partial charge in [-0.3, -0.25) is 0 Å². The van der Waals surface area contributed by atoms with Crippen LogP contribution in [0.15, 0.2) is 11.4 Å². The van der Waals surface area contributed by atoms with Crippen LogP contribution in [-0.2, 0) is 6.42 Å². The minimum atomic E-state index is 0.768. The number of hydrogen-bond donors (Lipinski definition) is 2. The molecule has 1 heterocycles. The van der Waals surface area contributed by atoms with E-state index in [0.29, 0.717) is 0 Å². The Balaban J connectivity index is 1.67. The molecule has 1 aliphatic carbocycles. The Kier molecular flexibility index (Phi) is 5.49. The number of aryl methyl sites for hydroxylation is 1. The summed E-state index contributed by atoms with van der Waals surface area (Å²) in [6.07, 6.45) is 5.28. The van der Waals surface area contributed by atoms with Crippen LogP contribution in [0.4, 0.5) is 0 Å². The van der Waals surface area contributed by atoms with E-state index in [1.54, 1.807) is 10.4 Å². The highest BCUT2D eigenvalue weighted by Crippen LogP contribution is 2.34. The van der Waals surface area contributed by atoms with Crippen LogP contribution in [0.1, 0.15) is 42.5 Å². The van der Waals surface area contributed by atoms with E-state index in [2.05, 4.69) is 29.0 Å². The standard InChI is InChI=1S/C14H24N2S/c1-2-15-8-4-9-16-11-12-5-3-6-14-13(12)7-10-17-14/h7,10,12,15-16H,2-6,8-9,11H2,1H3. The smallest absolute Gasteiger partial charge is 0.00805 e. The average Bonchev–Trinajstić information content (AvgIpc) is 2.82. The summed E-state index contributed by atoms with van der Waals surface area (Å²) in [7, 11) is 0. The molecule has 2 nitrogen and oxygen atoms in total. The quantitative estimate of drug-likeness (QED) is 0.729. The maximum atomic E-state index is 3.61. The molecule has 17 heavy (non-hydrogen) atoms. The molecule has 1 atom stereocenters. The van der Waals surface area contributed by atoms with Gasteiger partial charge < -0.3 is 10.6 Å². The molecule has 96 valence electrons. The number of nitrogens with one attached hydrogen (secondary N) is 2. The fourth-order valence-corrected chi connectivity index (χ4v) is 3.60. The first-order valence-corrected chi connectivity index (χ1v) is 7.77. The van der Waals surface area contributed by atoms with Crippen LogP contribution in [0.5, 0.6) is 0 Å². The maximum Gasteiger partial charge on any atom is 0.00805 e. The zero-order valence-corrected chi connectivity index (χ0v) is 11.6. The third kappa shape index (κ3) is 3.80. The van der Waals surface area contributed by atoms with E-state index in [1.165, 1.54) is 25.7 Å². The van der Waals surface area contributed by atoms with Crippen LogP contribution in [0, 0.1) is 0 Å². The number of rotatable bonds is 7. The highest BCUT2D eigenvalue weighted by Gasteiger charge is 2.20. The summed E-state index contributed by atoms with van der Waals surface area (Å²) in [6, 6.07) is 2.34. The van der Waals surface area contributed by atoms with Crippen molar-refractivity contribution in [3.8, 4) is 0 Å². The Morgan fingerprint density at radius 2 is 2.24 bits per heavy atom. The molecule has 1 aromatic heterocycles. The molecule has 0 bridgehead atoms. The molecular formula is C14H24N2S. The first-order valence-electron chi connectivity index (χ1n) is 6.89. The molecule has 0 radical (unpaired) electrons. The van der Waals surface area contributed by atoms with Gasteiger partial charge in [0.1, 0.15) is 0 Å². The van der Waals surface area contributed by atoms with Crippen LogP contribution in [0.2, 0.25) is 0 Å². The van der Waals surface area contributed by atoms with Gasteiger partial charge >= 0.3 is 0 Å². The molecule has 0 aromatic carbocycles. The largest absolute Gasteiger partial charge is 0.317 e. The van der Waals surface area contributed by atoms with Gasteiger partial charge in [-0.2, -0.15) is 0 Å². The van der Waals surface area contributed by atoms with Gasteiger partial charge in [-0.05, 0) is 68.2 Å². The van der Waals surface area contributed by atoms with Crippen molar-refractivity contribution in [2.24, 2.45) is 0 Å². The average molecular weight is 252 g/mol. The van der Waals surface area contributed by atoms with Crippen LogP contribution >= 0.6 is 11.3 Å². The van der Waals surface area contributed by atoms with Crippen molar-refractivity contribution in [2.45, 2.75) is 38.5 Å². The predicted molar refractivity (Wildman–Crippen MR) is 76.0 cm³/mol. The minimum absolute atomic E-state index is 0.768. The van der Waals surface area contributed by atoms with Gasteiger partial charge in [-0.15, -0.1) is 11.3 Å². The minimum Gasteiger partial charge on any atom is -0.317 e. The van der Waals surface area contributed by atoms with Crippen LogP contribution < -0.4 is 10.6 Å². The third-order valence-electron chi connectivity index (χ3n) is 3.52. The van der Waals surface area contributed by atoms with E-state index in [-0.39, 0.29) is 0 Å². The van der Waals surface area contributed by atoms with Crippen molar-refractivity contribution >= 4 is 11.3 Å². The van der Waals surface area contributed by atoms with Gasteiger partial charge in [-0.1, -0.05) is 6.92 Å². The molecule has 0 saturated carbocycles. The Labute approximate surface area is 109 Å². The summed E-state index contributed by atoms with van der Waals surface area (Å²) in [6.45, 7) is 6.69. The predicted octanol–water partition coefficient (Wildman–Crippen LogP) is 2.76. The Bertz CT molecular complexity index is 322. The maximum absolute atomic E-state index is 3.61. The summed E-state index contributed by atoms with van der Waals surface area (Å²) in [5, 5.41) is 9.23. The van der Waals surface area contributed by atoms with Crippen molar-refractivity contribution in [1.82, 2.24) is 10.6 Å². The molecule has 0 fully saturated rings. The lowest BCUT2D eigenvalue weighted by Gasteiger charge is -2.22. The second-order valence-electron chi connectivity index (χ2n) is 4.80. The van der Waals surface area contributed by atoms with E-state index in [0.717, 1.165) is 32.1 Å². The molecule has 0 spiro atoms. The fraction of sp³-hybridized carbons (Fsp3) is 0.714. The van der Waals surface area contributed by atoms with Crippen molar-refractivity contribution in [3.05, 3.63) is 21.9 Å². The zero-order valence-electron chi connectivity index (χ0n) is 10.8. The highest BCUT2D eigenvalue weighted by molar-refractivity contribution is 7.10. The third-order valence-corrected chi connectivity index (χ3v) is 4.52. The normalized spacial score (nSPS) is 19.2. The summed E-state index contributed by atoms with van der Waals surface area (Å²) in [5.74, 6) is 0.768. The lowest BCUT2D eigenvalue weighted by Crippen LogP contribution is -2.27. The SMILES string of the molecule is CCNCCCNCC1CCCc2sccc21. The van der Waals surface area contributed by atoms with Gasteiger partial charge in [0.15, 0.2) is 0 Å². The Hall–Kier alpha value is -0.380. The van der Waals surface area contributed by atoms with E-state index in [4.69, 9.17) is 0 Å². The number of thiophene rings is 1. The molecule has 2 N–H and O–H groups in total. The van der Waals surface area contributed by atoms with Crippen molar-refractivity contribution in [3.63, 3.8) is 0 Å². The van der Waals surface area contributed by atoms with Gasteiger partial charge in [0, 0.05) is 11.4 Å². The van der Waals surface area contributed by atoms with Crippen LogP contribution in [0.3, 0.4) is 0 Å². The molecule has 1 unspecified atom stereocenters. The second kappa shape index (κ2) is 7.14. The second-order valence-corrected chi connectivity index (χ2v) is 5.80. The fourth-order valence-electron chi connectivity index (χ4n) is 2.59. The molecule has 0 aliphatic heterocycles. The van der Waals surface area contributed by atoms with Gasteiger partial charge in [0.2, 0.25) is 0 Å². The lowest BCUT2D eigenvalue weighted by atomic mass is 9.88. The zero-order chi connectivity index (χ0) is 11.9. The molecule has 1 aliphatic rings. The van der Waals surface area contributed by atoms with E-state index in [9.17, 15) is 0 Å². The molecule has 1 aromatic rings. The van der Waals surface area contributed by atoms with Crippen LogP contribution in [0.25, 0.3) is 0 Å². The lowest BCUT2D eigenvalue weighted by molar-refractivity contribution is 0.503. The van der Waals surface area contributed by atoms with Crippen LogP contribution in [-0.4, -0.2) is 26.2 Å². The Morgan fingerprint density at radius 3 is 3.12 bits per heavy atom. The molecular weight excluding hydrogens is 228 g/mol. The summed E-state index contributed by atoms with van der Waals surface area (Å²) < 4.78 is 0. The van der Waals surface area contributed by atoms with E-state index < -0.39 is 0 Å². The van der Waals surface area contributed by atoms with E-state index >= 15 is 0 Å². The number of fused-ring (bicyclic) bond motifs is 1. The molecule has 3 heteroatoms. The first-order chi connectivity index (χ1) is 8.42. The molecule has 2 rings (SSSR count). The van der Waals surface area contributed by atoms with Gasteiger partial charge in [0.25, 0.3) is 0 Å². The van der Waals surface area contributed by atoms with Gasteiger partial charge in [-0.25, -0.2) is 0 Å². The monoisotopic (exact) mass is 252 g/mol.